The van der Waals surface area contributed by atoms with E-state index in [1.54, 1.807) is 0 Å². The lowest BCUT2D eigenvalue weighted by Gasteiger charge is -2.29. The van der Waals surface area contributed by atoms with Crippen molar-refractivity contribution in [3.05, 3.63) is 26.4 Å². The number of hydrogen-bond acceptors (Lipinski definition) is 5. The van der Waals surface area contributed by atoms with Gasteiger partial charge >= 0.3 is 11.7 Å². The molecule has 2 bridgehead atoms. The smallest absolute Gasteiger partial charge is 0.334 e. The molecule has 0 radical (unpaired) electrons. The second-order valence-corrected chi connectivity index (χ2v) is 8.88. The maximum absolute atomic E-state index is 13.4. The number of nitrogens with zero attached hydrogens (tertiary/aromatic N) is 2. The van der Waals surface area contributed by atoms with Crippen molar-refractivity contribution in [2.45, 2.75) is 82.7 Å². The summed E-state index contributed by atoms with van der Waals surface area (Å²) in [6.07, 6.45) is 7.32. The molecular formula is C21H28N2O6. The highest BCUT2D eigenvalue weighted by atomic mass is 16.4. The molecule has 0 unspecified atom stereocenters. The average Bonchev–Trinajstić information content (AvgIpc) is 3.31. The molecule has 4 rings (SSSR count). The Bertz CT molecular complexity index is 940. The molecule has 0 aromatic carbocycles. The molecule has 1 aromatic rings. The van der Waals surface area contributed by atoms with Gasteiger partial charge in [-0.15, -0.1) is 0 Å². The zero-order valence-electron chi connectivity index (χ0n) is 16.5. The number of carboxylic acid groups (broad SMARTS) is 1. The van der Waals surface area contributed by atoms with Gasteiger partial charge in [0.1, 0.15) is 5.56 Å². The Morgan fingerprint density at radius 2 is 1.66 bits per heavy atom. The van der Waals surface area contributed by atoms with Crippen molar-refractivity contribution in [3.63, 3.8) is 0 Å². The third kappa shape index (κ3) is 3.53. The zero-order chi connectivity index (χ0) is 20.7. The monoisotopic (exact) mass is 404 g/mol. The summed E-state index contributed by atoms with van der Waals surface area (Å²) in [5.41, 5.74) is -1.71. The number of carbonyl (C=O) groups is 2. The highest BCUT2D eigenvalue weighted by molar-refractivity contribution is 5.99. The van der Waals surface area contributed by atoms with Gasteiger partial charge < -0.3 is 10.2 Å². The van der Waals surface area contributed by atoms with E-state index in [0.29, 0.717) is 18.8 Å². The maximum Gasteiger partial charge on any atom is 0.334 e. The normalized spacial score (nSPS) is 26.7. The molecule has 3 saturated carbocycles. The second-order valence-electron chi connectivity index (χ2n) is 8.88. The summed E-state index contributed by atoms with van der Waals surface area (Å²) in [6, 6.07) is -0.483. The number of fused-ring (bicyclic) bond motifs is 2. The molecule has 1 heterocycles. The Balaban J connectivity index is 1.84. The molecule has 8 nitrogen and oxygen atoms in total. The first-order chi connectivity index (χ1) is 13.9. The van der Waals surface area contributed by atoms with E-state index in [1.807, 2.05) is 0 Å². The topological polar surface area (TPSA) is 119 Å². The van der Waals surface area contributed by atoms with Crippen molar-refractivity contribution in [2.75, 3.05) is 0 Å². The number of aromatic hydroxyl groups is 1. The highest BCUT2D eigenvalue weighted by Gasteiger charge is 2.43. The first-order valence-corrected chi connectivity index (χ1v) is 10.7. The lowest BCUT2D eigenvalue weighted by atomic mass is 9.94. The Morgan fingerprint density at radius 3 is 2.24 bits per heavy atom. The van der Waals surface area contributed by atoms with Crippen LogP contribution in [0.1, 0.15) is 93.1 Å². The summed E-state index contributed by atoms with van der Waals surface area (Å²) in [4.78, 5) is 50.1. The minimum Gasteiger partial charge on any atom is -0.494 e. The number of hydrogen-bond donors (Lipinski definition) is 2. The van der Waals surface area contributed by atoms with Gasteiger partial charge in [0.05, 0.1) is 6.42 Å². The van der Waals surface area contributed by atoms with E-state index in [4.69, 9.17) is 5.11 Å². The molecule has 3 fully saturated rings. The van der Waals surface area contributed by atoms with Gasteiger partial charge in [-0.25, -0.2) is 4.79 Å². The highest BCUT2D eigenvalue weighted by Crippen LogP contribution is 2.51. The molecule has 0 aliphatic heterocycles. The molecule has 0 spiro atoms. The number of Topliss-reactive ketones (excluding diaryl/α,β-unsaturated/α-hetero) is 1. The first kappa shape index (κ1) is 19.9. The van der Waals surface area contributed by atoms with E-state index < -0.39 is 40.9 Å². The zero-order valence-corrected chi connectivity index (χ0v) is 16.5. The van der Waals surface area contributed by atoms with Gasteiger partial charge in [0, 0.05) is 18.5 Å². The predicted octanol–water partition coefficient (Wildman–Crippen LogP) is 2.63. The van der Waals surface area contributed by atoms with Gasteiger partial charge in [-0.3, -0.25) is 23.5 Å². The van der Waals surface area contributed by atoms with Gasteiger partial charge in [-0.05, 0) is 43.9 Å². The summed E-state index contributed by atoms with van der Waals surface area (Å²) >= 11 is 0. The Labute approximate surface area is 168 Å². The van der Waals surface area contributed by atoms with E-state index in [-0.39, 0.29) is 24.4 Å². The van der Waals surface area contributed by atoms with Crippen LogP contribution in [0.15, 0.2) is 9.59 Å². The number of aromatic nitrogens is 2. The molecule has 0 saturated heterocycles. The van der Waals surface area contributed by atoms with Gasteiger partial charge in [-0.1, -0.05) is 25.7 Å². The summed E-state index contributed by atoms with van der Waals surface area (Å²) in [5.74, 6) is -1.65. The number of rotatable bonds is 6. The van der Waals surface area contributed by atoms with Crippen molar-refractivity contribution in [1.29, 1.82) is 0 Å². The number of carboxylic acids is 1. The van der Waals surface area contributed by atoms with Crippen molar-refractivity contribution in [2.24, 2.45) is 11.8 Å². The SMILES string of the molecule is O=C(O)CCC(=O)c1c(O)n([C@@H]2C[C@H]3CC[C@@H]2C3)c(=O)n(C2CCCCC2)c1=O. The van der Waals surface area contributed by atoms with Crippen molar-refractivity contribution < 1.29 is 19.8 Å². The molecule has 3 aliphatic carbocycles. The molecule has 8 heteroatoms. The van der Waals surface area contributed by atoms with Crippen LogP contribution < -0.4 is 11.2 Å². The largest absolute Gasteiger partial charge is 0.494 e. The molecule has 2 N–H and O–H groups in total. The lowest BCUT2D eigenvalue weighted by Crippen LogP contribution is -2.46. The van der Waals surface area contributed by atoms with Crippen LogP contribution in [-0.4, -0.2) is 31.1 Å². The minimum absolute atomic E-state index is 0.206. The van der Waals surface area contributed by atoms with Crippen LogP contribution in [-0.2, 0) is 4.79 Å². The number of ketones is 1. The summed E-state index contributed by atoms with van der Waals surface area (Å²) in [6.45, 7) is 0. The average molecular weight is 404 g/mol. The van der Waals surface area contributed by atoms with Crippen molar-refractivity contribution in [3.8, 4) is 5.88 Å². The van der Waals surface area contributed by atoms with E-state index in [9.17, 15) is 24.3 Å². The summed E-state index contributed by atoms with van der Waals surface area (Å²) < 4.78 is 2.46. The molecule has 1 aromatic heterocycles. The van der Waals surface area contributed by atoms with E-state index in [0.717, 1.165) is 44.9 Å². The van der Waals surface area contributed by atoms with Crippen LogP contribution in [0.2, 0.25) is 0 Å². The Morgan fingerprint density at radius 1 is 0.931 bits per heavy atom. The fraction of sp³-hybridized carbons (Fsp3) is 0.714. The maximum atomic E-state index is 13.4. The third-order valence-electron chi connectivity index (χ3n) is 7.11. The minimum atomic E-state index is -1.15. The van der Waals surface area contributed by atoms with Gasteiger partial charge in [-0.2, -0.15) is 0 Å². The third-order valence-corrected chi connectivity index (χ3v) is 7.11. The van der Waals surface area contributed by atoms with Crippen LogP contribution in [0.3, 0.4) is 0 Å². The molecule has 3 aliphatic rings. The fourth-order valence-electron chi connectivity index (χ4n) is 5.71. The summed E-state index contributed by atoms with van der Waals surface area (Å²) in [7, 11) is 0. The van der Waals surface area contributed by atoms with Crippen LogP contribution in [0.5, 0.6) is 5.88 Å². The van der Waals surface area contributed by atoms with Crippen molar-refractivity contribution in [1.82, 2.24) is 9.13 Å². The van der Waals surface area contributed by atoms with Gasteiger partial charge in [0.2, 0.25) is 5.88 Å². The van der Waals surface area contributed by atoms with Crippen LogP contribution in [0.25, 0.3) is 0 Å². The summed E-state index contributed by atoms with van der Waals surface area (Å²) in [5, 5.41) is 19.8. The second kappa shape index (κ2) is 7.80. The van der Waals surface area contributed by atoms with E-state index >= 15 is 0 Å². The van der Waals surface area contributed by atoms with Crippen LogP contribution in [0, 0.1) is 11.8 Å². The van der Waals surface area contributed by atoms with Gasteiger partial charge in [0.25, 0.3) is 5.56 Å². The molecule has 29 heavy (non-hydrogen) atoms. The van der Waals surface area contributed by atoms with Crippen molar-refractivity contribution >= 4 is 11.8 Å². The fourth-order valence-corrected chi connectivity index (χ4v) is 5.71. The quantitative estimate of drug-likeness (QED) is 0.704. The standard InChI is InChI=1S/C21H28N2O6/c24-16(8-9-17(25)26)18-19(27)22(14-4-2-1-3-5-14)21(29)23(20(18)28)15-11-12-6-7-13(15)10-12/h12-15,28H,1-11H2,(H,25,26)/t12-,13+,15+/m0/s1. The Hall–Kier alpha value is -2.38. The Kier molecular flexibility index (Phi) is 5.36. The predicted molar refractivity (Wildman–Crippen MR) is 104 cm³/mol. The molecule has 3 atom stereocenters. The molecule has 0 amide bonds. The molecular weight excluding hydrogens is 376 g/mol. The number of carbonyl (C=O) groups excluding carboxylic acids is 1. The lowest BCUT2D eigenvalue weighted by molar-refractivity contribution is -0.136. The van der Waals surface area contributed by atoms with Crippen LogP contribution >= 0.6 is 0 Å². The van der Waals surface area contributed by atoms with E-state index in [2.05, 4.69) is 0 Å². The number of aliphatic carboxylic acids is 1. The van der Waals surface area contributed by atoms with Gasteiger partial charge in [0.15, 0.2) is 5.78 Å². The first-order valence-electron chi connectivity index (χ1n) is 10.7. The van der Waals surface area contributed by atoms with E-state index in [1.165, 1.54) is 9.13 Å². The van der Waals surface area contributed by atoms with Crippen LogP contribution in [0.4, 0.5) is 0 Å². The molecule has 158 valence electrons.